The summed E-state index contributed by atoms with van der Waals surface area (Å²) in [7, 11) is 0. The molecular formula is C22H29N3O. The molecule has 1 fully saturated rings. The lowest BCUT2D eigenvalue weighted by molar-refractivity contribution is 0.135. The first kappa shape index (κ1) is 18.5. The molecule has 2 amide bonds. The third-order valence-corrected chi connectivity index (χ3v) is 4.95. The fraction of sp³-hybridized carbons (Fsp3) is 0.409. The molecule has 0 atom stereocenters. The Morgan fingerprint density at radius 3 is 2.31 bits per heavy atom. The highest BCUT2D eigenvalue weighted by atomic mass is 16.2. The van der Waals surface area contributed by atoms with Crippen LogP contribution >= 0.6 is 0 Å². The Labute approximate surface area is 156 Å². The molecule has 0 unspecified atom stereocenters. The van der Waals surface area contributed by atoms with E-state index in [-0.39, 0.29) is 6.03 Å². The van der Waals surface area contributed by atoms with Gasteiger partial charge in [-0.3, -0.25) is 4.90 Å². The Hall–Kier alpha value is -2.33. The number of aryl methyl sites for hydroxylation is 2. The Bertz CT molecular complexity index is 676. The summed E-state index contributed by atoms with van der Waals surface area (Å²) >= 11 is 0. The summed E-state index contributed by atoms with van der Waals surface area (Å²) in [6.07, 6.45) is 1.98. The largest absolute Gasteiger partial charge is 0.338 e. The van der Waals surface area contributed by atoms with Crippen LogP contribution in [0.4, 0.5) is 4.79 Å². The van der Waals surface area contributed by atoms with Crippen LogP contribution in [0.2, 0.25) is 0 Å². The first-order valence-corrected chi connectivity index (χ1v) is 9.55. The van der Waals surface area contributed by atoms with Gasteiger partial charge in [0.1, 0.15) is 0 Å². The quantitative estimate of drug-likeness (QED) is 0.809. The lowest BCUT2D eigenvalue weighted by Crippen LogP contribution is -2.51. The van der Waals surface area contributed by atoms with Gasteiger partial charge < -0.3 is 10.2 Å². The molecule has 3 rings (SSSR count). The van der Waals surface area contributed by atoms with E-state index in [1.54, 1.807) is 0 Å². The van der Waals surface area contributed by atoms with Gasteiger partial charge in [0.15, 0.2) is 0 Å². The third-order valence-electron chi connectivity index (χ3n) is 4.95. The van der Waals surface area contributed by atoms with Crippen LogP contribution in [0.1, 0.15) is 23.1 Å². The molecule has 26 heavy (non-hydrogen) atoms. The molecule has 4 nitrogen and oxygen atoms in total. The molecule has 2 aromatic carbocycles. The number of piperazine rings is 1. The lowest BCUT2D eigenvalue weighted by Gasteiger charge is -2.34. The van der Waals surface area contributed by atoms with E-state index in [4.69, 9.17) is 0 Å². The van der Waals surface area contributed by atoms with Crippen LogP contribution in [0.25, 0.3) is 0 Å². The molecule has 1 aliphatic rings. The van der Waals surface area contributed by atoms with Gasteiger partial charge in [0.05, 0.1) is 0 Å². The fourth-order valence-electron chi connectivity index (χ4n) is 3.31. The van der Waals surface area contributed by atoms with E-state index in [0.717, 1.165) is 52.1 Å². The average molecular weight is 351 g/mol. The first-order valence-electron chi connectivity index (χ1n) is 9.55. The van der Waals surface area contributed by atoms with E-state index in [1.807, 2.05) is 11.0 Å². The van der Waals surface area contributed by atoms with Crippen molar-refractivity contribution in [3.05, 3.63) is 71.3 Å². The molecule has 138 valence electrons. The molecule has 1 heterocycles. The van der Waals surface area contributed by atoms with Gasteiger partial charge in [-0.2, -0.15) is 0 Å². The maximum Gasteiger partial charge on any atom is 0.317 e. The zero-order valence-corrected chi connectivity index (χ0v) is 15.7. The van der Waals surface area contributed by atoms with Crippen LogP contribution in [-0.4, -0.2) is 48.6 Å². The van der Waals surface area contributed by atoms with Gasteiger partial charge >= 0.3 is 6.03 Å². The zero-order valence-electron chi connectivity index (χ0n) is 15.7. The predicted molar refractivity (Wildman–Crippen MR) is 106 cm³/mol. The summed E-state index contributed by atoms with van der Waals surface area (Å²) in [6, 6.07) is 19.2. The van der Waals surface area contributed by atoms with E-state index < -0.39 is 0 Å². The number of carbonyl (C=O) groups is 1. The summed E-state index contributed by atoms with van der Waals surface area (Å²) in [5, 5.41) is 3.06. The fourth-order valence-corrected chi connectivity index (χ4v) is 3.31. The van der Waals surface area contributed by atoms with Crippen molar-refractivity contribution in [2.45, 2.75) is 26.3 Å². The normalized spacial score (nSPS) is 15.0. The molecule has 1 aliphatic heterocycles. The number of nitrogens with zero attached hydrogens (tertiary/aromatic N) is 2. The molecule has 2 aromatic rings. The van der Waals surface area contributed by atoms with Crippen LogP contribution < -0.4 is 5.32 Å². The zero-order chi connectivity index (χ0) is 18.2. The topological polar surface area (TPSA) is 35.6 Å². The van der Waals surface area contributed by atoms with E-state index in [2.05, 4.69) is 65.7 Å². The number of amides is 2. The van der Waals surface area contributed by atoms with Gasteiger partial charge in [-0.25, -0.2) is 4.79 Å². The predicted octanol–water partition coefficient (Wildman–Crippen LogP) is 3.46. The monoisotopic (exact) mass is 351 g/mol. The molecule has 1 N–H and O–H groups in total. The molecular weight excluding hydrogens is 322 g/mol. The van der Waals surface area contributed by atoms with Gasteiger partial charge in [-0.05, 0) is 30.9 Å². The van der Waals surface area contributed by atoms with E-state index in [1.165, 1.54) is 16.7 Å². The number of hydrogen-bond acceptors (Lipinski definition) is 2. The van der Waals surface area contributed by atoms with Crippen molar-refractivity contribution in [3.8, 4) is 0 Å². The van der Waals surface area contributed by atoms with Crippen molar-refractivity contribution in [2.75, 3.05) is 32.7 Å². The Morgan fingerprint density at radius 1 is 0.923 bits per heavy atom. The van der Waals surface area contributed by atoms with Crippen LogP contribution in [0.3, 0.4) is 0 Å². The number of hydrogen-bond donors (Lipinski definition) is 1. The standard InChI is InChI=1S/C22H29N3O/c1-19-9-11-21(12-10-19)18-24-14-16-25(17-15-24)22(26)23-13-5-8-20-6-3-2-4-7-20/h2-4,6-7,9-12H,5,8,13-18H2,1H3,(H,23,26). The molecule has 0 saturated carbocycles. The highest BCUT2D eigenvalue weighted by molar-refractivity contribution is 5.74. The highest BCUT2D eigenvalue weighted by Gasteiger charge is 2.20. The van der Waals surface area contributed by atoms with Crippen molar-refractivity contribution >= 4 is 6.03 Å². The van der Waals surface area contributed by atoms with Crippen molar-refractivity contribution in [2.24, 2.45) is 0 Å². The molecule has 0 aromatic heterocycles. The van der Waals surface area contributed by atoms with E-state index in [9.17, 15) is 4.79 Å². The minimum absolute atomic E-state index is 0.0769. The van der Waals surface area contributed by atoms with E-state index in [0.29, 0.717) is 0 Å². The van der Waals surface area contributed by atoms with Gasteiger partial charge in [0, 0.05) is 39.3 Å². The summed E-state index contributed by atoms with van der Waals surface area (Å²) < 4.78 is 0. The number of carbonyl (C=O) groups excluding carboxylic acids is 1. The van der Waals surface area contributed by atoms with Gasteiger partial charge in [0.25, 0.3) is 0 Å². The van der Waals surface area contributed by atoms with Gasteiger partial charge in [-0.15, -0.1) is 0 Å². The summed E-state index contributed by atoms with van der Waals surface area (Å²) in [5.41, 5.74) is 3.96. The van der Waals surface area contributed by atoms with Crippen molar-refractivity contribution < 1.29 is 4.79 Å². The van der Waals surface area contributed by atoms with Crippen molar-refractivity contribution in [1.29, 1.82) is 0 Å². The SMILES string of the molecule is Cc1ccc(CN2CCN(C(=O)NCCCc3ccccc3)CC2)cc1. The minimum atomic E-state index is 0.0769. The minimum Gasteiger partial charge on any atom is -0.338 e. The first-order chi connectivity index (χ1) is 12.7. The molecule has 0 aliphatic carbocycles. The average Bonchev–Trinajstić information content (AvgIpc) is 2.68. The van der Waals surface area contributed by atoms with E-state index >= 15 is 0 Å². The second-order valence-electron chi connectivity index (χ2n) is 7.07. The number of nitrogens with one attached hydrogen (secondary N) is 1. The second kappa shape index (κ2) is 9.39. The van der Waals surface area contributed by atoms with Crippen LogP contribution in [0.5, 0.6) is 0 Å². The molecule has 0 spiro atoms. The molecule has 0 bridgehead atoms. The maximum absolute atomic E-state index is 12.3. The third kappa shape index (κ3) is 5.60. The smallest absolute Gasteiger partial charge is 0.317 e. The summed E-state index contributed by atoms with van der Waals surface area (Å²) in [6.45, 7) is 7.29. The second-order valence-corrected chi connectivity index (χ2v) is 7.07. The van der Waals surface area contributed by atoms with Crippen LogP contribution in [0.15, 0.2) is 54.6 Å². The van der Waals surface area contributed by atoms with Gasteiger partial charge in [0.2, 0.25) is 0 Å². The number of benzene rings is 2. The molecule has 0 radical (unpaired) electrons. The van der Waals surface area contributed by atoms with Crippen LogP contribution in [0, 0.1) is 6.92 Å². The Morgan fingerprint density at radius 2 is 1.62 bits per heavy atom. The van der Waals surface area contributed by atoms with Crippen molar-refractivity contribution in [3.63, 3.8) is 0 Å². The van der Waals surface area contributed by atoms with Gasteiger partial charge in [-0.1, -0.05) is 60.2 Å². The number of rotatable bonds is 6. The number of urea groups is 1. The van der Waals surface area contributed by atoms with Crippen LogP contribution in [-0.2, 0) is 13.0 Å². The summed E-state index contributed by atoms with van der Waals surface area (Å²) in [4.78, 5) is 16.7. The Kier molecular flexibility index (Phi) is 6.67. The highest BCUT2D eigenvalue weighted by Crippen LogP contribution is 2.10. The molecule has 1 saturated heterocycles. The Balaban J connectivity index is 1.33. The summed E-state index contributed by atoms with van der Waals surface area (Å²) in [5.74, 6) is 0. The maximum atomic E-state index is 12.3. The molecule has 4 heteroatoms. The lowest BCUT2D eigenvalue weighted by atomic mass is 10.1. The van der Waals surface area contributed by atoms with Crippen molar-refractivity contribution in [1.82, 2.24) is 15.1 Å².